The molecule has 1 aliphatic rings. The van der Waals surface area contributed by atoms with Gasteiger partial charge in [-0.2, -0.15) is 0 Å². The number of hydrogen-bond acceptors (Lipinski definition) is 2. The molecule has 2 aromatic rings. The van der Waals surface area contributed by atoms with Crippen molar-refractivity contribution in [1.82, 2.24) is 0 Å². The highest BCUT2D eigenvalue weighted by atomic mass is 19.2. The van der Waals surface area contributed by atoms with Gasteiger partial charge in [0.25, 0.3) is 0 Å². The van der Waals surface area contributed by atoms with Crippen molar-refractivity contribution < 1.29 is 13.5 Å². The molecule has 0 aromatic heterocycles. The number of halogens is 2. The van der Waals surface area contributed by atoms with E-state index < -0.39 is 11.6 Å². The molecule has 2 nitrogen and oxygen atoms in total. The molecular weight excluding hydrogens is 248 g/mol. The quantitative estimate of drug-likeness (QED) is 0.912. The third kappa shape index (κ3) is 2.38. The Balaban J connectivity index is 1.74. The van der Waals surface area contributed by atoms with E-state index in [4.69, 9.17) is 4.74 Å². The average molecular weight is 261 g/mol. The van der Waals surface area contributed by atoms with Crippen LogP contribution in [0, 0.1) is 11.6 Å². The summed E-state index contributed by atoms with van der Waals surface area (Å²) >= 11 is 0. The van der Waals surface area contributed by atoms with E-state index in [1.165, 1.54) is 6.07 Å². The highest BCUT2D eigenvalue weighted by Crippen LogP contribution is 2.28. The van der Waals surface area contributed by atoms with Crippen LogP contribution in [0.25, 0.3) is 0 Å². The third-order valence-corrected chi connectivity index (χ3v) is 3.20. The lowest BCUT2D eigenvalue weighted by Crippen LogP contribution is -2.03. The SMILES string of the molecule is Fc1cccc(CNc2ccc3c(c2)CCO3)c1F. The molecule has 1 aliphatic heterocycles. The fourth-order valence-electron chi connectivity index (χ4n) is 2.18. The zero-order valence-corrected chi connectivity index (χ0v) is 10.2. The molecule has 0 atom stereocenters. The van der Waals surface area contributed by atoms with Crippen LogP contribution in [0.15, 0.2) is 36.4 Å². The van der Waals surface area contributed by atoms with Gasteiger partial charge in [-0.15, -0.1) is 0 Å². The zero-order chi connectivity index (χ0) is 13.2. The van der Waals surface area contributed by atoms with Gasteiger partial charge in [0.15, 0.2) is 11.6 Å². The molecule has 0 bridgehead atoms. The van der Waals surface area contributed by atoms with E-state index in [1.54, 1.807) is 6.07 Å². The Labute approximate surface area is 110 Å². The molecule has 0 radical (unpaired) electrons. The van der Waals surface area contributed by atoms with Gasteiger partial charge in [-0.05, 0) is 29.8 Å². The zero-order valence-electron chi connectivity index (χ0n) is 10.2. The highest BCUT2D eigenvalue weighted by Gasteiger charge is 2.12. The van der Waals surface area contributed by atoms with Crippen molar-refractivity contribution in [2.45, 2.75) is 13.0 Å². The summed E-state index contributed by atoms with van der Waals surface area (Å²) < 4.78 is 32.0. The summed E-state index contributed by atoms with van der Waals surface area (Å²) in [5, 5.41) is 3.10. The maximum atomic E-state index is 13.5. The van der Waals surface area contributed by atoms with Crippen LogP contribution in [0.2, 0.25) is 0 Å². The van der Waals surface area contributed by atoms with E-state index in [9.17, 15) is 8.78 Å². The Morgan fingerprint density at radius 3 is 2.95 bits per heavy atom. The van der Waals surface area contributed by atoms with E-state index >= 15 is 0 Å². The molecule has 2 aromatic carbocycles. The number of hydrogen-bond donors (Lipinski definition) is 1. The van der Waals surface area contributed by atoms with Crippen molar-refractivity contribution in [3.05, 3.63) is 59.2 Å². The summed E-state index contributed by atoms with van der Waals surface area (Å²) in [7, 11) is 0. The van der Waals surface area contributed by atoms with E-state index in [-0.39, 0.29) is 6.54 Å². The first-order valence-corrected chi connectivity index (χ1v) is 6.16. The van der Waals surface area contributed by atoms with Crippen molar-refractivity contribution >= 4 is 5.69 Å². The topological polar surface area (TPSA) is 21.3 Å². The van der Waals surface area contributed by atoms with E-state index in [1.807, 2.05) is 18.2 Å². The molecule has 1 N–H and O–H groups in total. The predicted octanol–water partition coefficient (Wildman–Crippen LogP) is 3.51. The van der Waals surface area contributed by atoms with Gasteiger partial charge in [-0.25, -0.2) is 8.78 Å². The third-order valence-electron chi connectivity index (χ3n) is 3.20. The predicted molar refractivity (Wildman–Crippen MR) is 69.3 cm³/mol. The molecule has 0 unspecified atom stereocenters. The second-order valence-electron chi connectivity index (χ2n) is 4.49. The van der Waals surface area contributed by atoms with Gasteiger partial charge in [-0.3, -0.25) is 0 Å². The maximum absolute atomic E-state index is 13.5. The van der Waals surface area contributed by atoms with Crippen LogP contribution in [0.4, 0.5) is 14.5 Å². The smallest absolute Gasteiger partial charge is 0.163 e. The molecule has 0 aliphatic carbocycles. The highest BCUT2D eigenvalue weighted by molar-refractivity contribution is 5.52. The lowest BCUT2D eigenvalue weighted by atomic mass is 10.1. The van der Waals surface area contributed by atoms with Crippen LogP contribution in [0.1, 0.15) is 11.1 Å². The standard InChI is InChI=1S/C15H13F2NO/c16-13-3-1-2-11(15(13)17)9-18-12-4-5-14-10(8-12)6-7-19-14/h1-5,8,18H,6-7,9H2. The molecule has 0 saturated heterocycles. The van der Waals surface area contributed by atoms with Gasteiger partial charge < -0.3 is 10.1 Å². The summed E-state index contributed by atoms with van der Waals surface area (Å²) in [4.78, 5) is 0. The minimum atomic E-state index is -0.818. The molecule has 1 heterocycles. The lowest BCUT2D eigenvalue weighted by molar-refractivity contribution is 0.357. The van der Waals surface area contributed by atoms with E-state index in [0.717, 1.165) is 29.5 Å². The van der Waals surface area contributed by atoms with Crippen molar-refractivity contribution in [3.8, 4) is 5.75 Å². The Bertz CT molecular complexity index is 613. The summed E-state index contributed by atoms with van der Waals surface area (Å²) in [5.74, 6) is -0.705. The van der Waals surface area contributed by atoms with Gasteiger partial charge in [0.05, 0.1) is 6.61 Å². The number of nitrogens with one attached hydrogen (secondary N) is 1. The second kappa shape index (κ2) is 4.88. The number of ether oxygens (including phenoxy) is 1. The number of fused-ring (bicyclic) bond motifs is 1. The van der Waals surface area contributed by atoms with E-state index in [0.29, 0.717) is 12.2 Å². The fourth-order valence-corrected chi connectivity index (χ4v) is 2.18. The van der Waals surface area contributed by atoms with Gasteiger partial charge in [0, 0.05) is 24.2 Å². The normalized spacial score (nSPS) is 12.9. The molecule has 3 rings (SSSR count). The van der Waals surface area contributed by atoms with Crippen LogP contribution >= 0.6 is 0 Å². The summed E-state index contributed by atoms with van der Waals surface area (Å²) in [6.07, 6.45) is 0.888. The number of rotatable bonds is 3. The molecular formula is C15H13F2NO. The Morgan fingerprint density at radius 1 is 1.16 bits per heavy atom. The molecule has 0 amide bonds. The fraction of sp³-hybridized carbons (Fsp3) is 0.200. The van der Waals surface area contributed by atoms with Gasteiger partial charge in [0.2, 0.25) is 0 Å². The molecule has 4 heteroatoms. The van der Waals surface area contributed by atoms with Gasteiger partial charge in [-0.1, -0.05) is 12.1 Å². The Hall–Kier alpha value is -2.10. The Kier molecular flexibility index (Phi) is 3.07. The first kappa shape index (κ1) is 12.0. The van der Waals surface area contributed by atoms with Crippen molar-refractivity contribution in [3.63, 3.8) is 0 Å². The summed E-state index contributed by atoms with van der Waals surface area (Å²) in [5.41, 5.74) is 2.34. The van der Waals surface area contributed by atoms with Crippen LogP contribution < -0.4 is 10.1 Å². The van der Waals surface area contributed by atoms with Crippen LogP contribution in [-0.4, -0.2) is 6.61 Å². The first-order valence-electron chi connectivity index (χ1n) is 6.16. The summed E-state index contributed by atoms with van der Waals surface area (Å²) in [6, 6.07) is 9.95. The number of anilines is 1. The van der Waals surface area contributed by atoms with Crippen LogP contribution in [0.5, 0.6) is 5.75 Å². The van der Waals surface area contributed by atoms with Crippen LogP contribution in [0.3, 0.4) is 0 Å². The molecule has 19 heavy (non-hydrogen) atoms. The largest absolute Gasteiger partial charge is 0.493 e. The van der Waals surface area contributed by atoms with Gasteiger partial charge in [0.1, 0.15) is 5.75 Å². The first-order chi connectivity index (χ1) is 9.24. The second-order valence-corrected chi connectivity index (χ2v) is 4.49. The van der Waals surface area contributed by atoms with Crippen molar-refractivity contribution in [2.75, 3.05) is 11.9 Å². The molecule has 98 valence electrons. The number of benzene rings is 2. The van der Waals surface area contributed by atoms with E-state index in [2.05, 4.69) is 5.32 Å². The minimum absolute atomic E-state index is 0.253. The average Bonchev–Trinajstić information content (AvgIpc) is 2.88. The monoisotopic (exact) mass is 261 g/mol. The summed E-state index contributed by atoms with van der Waals surface area (Å²) in [6.45, 7) is 0.959. The van der Waals surface area contributed by atoms with Gasteiger partial charge >= 0.3 is 0 Å². The maximum Gasteiger partial charge on any atom is 0.163 e. The Morgan fingerprint density at radius 2 is 2.05 bits per heavy atom. The van der Waals surface area contributed by atoms with Crippen molar-refractivity contribution in [2.24, 2.45) is 0 Å². The minimum Gasteiger partial charge on any atom is -0.493 e. The molecule has 0 spiro atoms. The molecule has 0 fully saturated rings. The van der Waals surface area contributed by atoms with Crippen LogP contribution in [-0.2, 0) is 13.0 Å². The molecule has 0 saturated carbocycles. The lowest BCUT2D eigenvalue weighted by Gasteiger charge is -2.09. The van der Waals surface area contributed by atoms with Crippen molar-refractivity contribution in [1.29, 1.82) is 0 Å².